The average molecular weight is 323 g/mol. The molecule has 1 aromatic rings. The molecule has 0 spiro atoms. The zero-order valence-corrected chi connectivity index (χ0v) is 14.7. The fraction of sp³-hybridized carbons (Fsp3) is 0.364. The van der Waals surface area contributed by atoms with Crippen LogP contribution in [0.3, 0.4) is 0 Å². The van der Waals surface area contributed by atoms with Crippen LogP contribution in [0.5, 0.6) is 0 Å². The van der Waals surface area contributed by atoms with Crippen LogP contribution in [0, 0.1) is 0 Å². The molecular weight excluding hydrogens is 308 g/mol. The third-order valence-corrected chi connectivity index (χ3v) is 4.38. The SMILES string of the molecule is CN(C)C(=O)CCc1ccc([As](=O)([O-])O)cc1.[Na+]. The normalized spacial score (nSPS) is 13.3. The first-order valence-electron chi connectivity index (χ1n) is 5.14. The maximum absolute atomic E-state index is 11.3. The maximum Gasteiger partial charge on any atom is 1.00 e. The van der Waals surface area contributed by atoms with E-state index in [-0.39, 0.29) is 39.8 Å². The first kappa shape index (κ1) is 18.0. The third-order valence-electron chi connectivity index (χ3n) is 2.39. The Balaban J connectivity index is 0.00000289. The minimum Gasteiger partial charge on any atom is 1.00 e. The van der Waals surface area contributed by atoms with Gasteiger partial charge >= 0.3 is 132 Å². The molecule has 0 aliphatic heterocycles. The summed E-state index contributed by atoms with van der Waals surface area (Å²) in [6, 6.07) is 5.95. The molecular formula is C11H15AsNNaO4. The van der Waals surface area contributed by atoms with Gasteiger partial charge in [0.1, 0.15) is 0 Å². The molecule has 0 saturated carbocycles. The smallest absolute Gasteiger partial charge is 1.00 e. The van der Waals surface area contributed by atoms with Gasteiger partial charge in [-0.25, -0.2) is 0 Å². The number of hydrogen-bond donors (Lipinski definition) is 1. The Morgan fingerprint density at radius 2 is 1.83 bits per heavy atom. The Kier molecular flexibility index (Phi) is 7.52. The van der Waals surface area contributed by atoms with Crippen molar-refractivity contribution in [2.24, 2.45) is 0 Å². The van der Waals surface area contributed by atoms with Gasteiger partial charge in [0.25, 0.3) is 0 Å². The summed E-state index contributed by atoms with van der Waals surface area (Å²) >= 11 is -5.02. The molecule has 1 amide bonds. The monoisotopic (exact) mass is 323 g/mol. The van der Waals surface area contributed by atoms with Gasteiger partial charge < -0.3 is 0 Å². The van der Waals surface area contributed by atoms with Gasteiger partial charge in [-0.05, 0) is 0 Å². The summed E-state index contributed by atoms with van der Waals surface area (Å²) in [7, 11) is 3.38. The Morgan fingerprint density at radius 1 is 1.33 bits per heavy atom. The molecule has 1 N–H and O–H groups in total. The zero-order valence-electron chi connectivity index (χ0n) is 10.8. The fourth-order valence-corrected chi connectivity index (χ4v) is 2.43. The summed E-state index contributed by atoms with van der Waals surface area (Å²) in [6.07, 6.45) is 0.935. The van der Waals surface area contributed by atoms with Crippen molar-refractivity contribution in [3.05, 3.63) is 29.8 Å². The van der Waals surface area contributed by atoms with Crippen molar-refractivity contribution in [3.8, 4) is 0 Å². The van der Waals surface area contributed by atoms with E-state index in [0.717, 1.165) is 5.56 Å². The molecule has 1 aromatic carbocycles. The number of amides is 1. The number of nitrogens with zero attached hydrogens (tertiary/aromatic N) is 1. The Morgan fingerprint density at radius 3 is 2.22 bits per heavy atom. The Bertz CT molecular complexity index is 441. The van der Waals surface area contributed by atoms with Gasteiger partial charge in [-0.1, -0.05) is 0 Å². The largest absolute Gasteiger partial charge is 1.00 e. The van der Waals surface area contributed by atoms with Gasteiger partial charge in [-0.3, -0.25) is 0 Å². The van der Waals surface area contributed by atoms with E-state index in [0.29, 0.717) is 12.8 Å². The molecule has 0 fully saturated rings. The van der Waals surface area contributed by atoms with Crippen LogP contribution in [0.15, 0.2) is 24.3 Å². The summed E-state index contributed by atoms with van der Waals surface area (Å²) in [6.45, 7) is 0. The van der Waals surface area contributed by atoms with E-state index >= 15 is 0 Å². The molecule has 0 saturated heterocycles. The van der Waals surface area contributed by atoms with E-state index < -0.39 is 14.2 Å². The van der Waals surface area contributed by atoms with E-state index in [1.165, 1.54) is 17.0 Å². The molecule has 5 nitrogen and oxygen atoms in total. The number of hydrogen-bond acceptors (Lipinski definition) is 3. The van der Waals surface area contributed by atoms with Crippen LogP contribution in [0.1, 0.15) is 12.0 Å². The molecule has 94 valence electrons. The average Bonchev–Trinajstić information content (AvgIpc) is 2.25. The minimum absolute atomic E-state index is 0. The molecule has 1 unspecified atom stereocenters. The van der Waals surface area contributed by atoms with Crippen LogP contribution < -0.4 is 38.0 Å². The summed E-state index contributed by atoms with van der Waals surface area (Å²) in [4.78, 5) is 12.8. The van der Waals surface area contributed by atoms with Crippen molar-refractivity contribution in [2.75, 3.05) is 14.1 Å². The van der Waals surface area contributed by atoms with Gasteiger partial charge in [-0.15, -0.1) is 0 Å². The number of rotatable bonds is 4. The molecule has 1 rings (SSSR count). The number of carbonyl (C=O) groups excluding carboxylic acids is 1. The quantitative estimate of drug-likeness (QED) is 0.568. The van der Waals surface area contributed by atoms with Crippen LogP contribution in [0.4, 0.5) is 0 Å². The number of carbonyl (C=O) groups is 1. The Hall–Kier alpha value is -0.0316. The van der Waals surface area contributed by atoms with Crippen LogP contribution in [-0.4, -0.2) is 43.2 Å². The second kappa shape index (κ2) is 7.53. The molecule has 0 heterocycles. The molecule has 1 atom stereocenters. The van der Waals surface area contributed by atoms with Crippen molar-refractivity contribution in [3.63, 3.8) is 0 Å². The van der Waals surface area contributed by atoms with Gasteiger partial charge in [-0.2, -0.15) is 0 Å². The minimum atomic E-state index is -5.02. The van der Waals surface area contributed by atoms with E-state index in [1.807, 2.05) is 0 Å². The first-order chi connectivity index (χ1) is 7.80. The third kappa shape index (κ3) is 5.74. The number of benzene rings is 1. The van der Waals surface area contributed by atoms with Crippen molar-refractivity contribution in [2.45, 2.75) is 12.8 Å². The molecule has 0 aromatic heterocycles. The summed E-state index contributed by atoms with van der Waals surface area (Å²) in [5, 5.41) is 0. The van der Waals surface area contributed by atoms with Crippen molar-refractivity contribution in [1.29, 1.82) is 0 Å². The second-order valence-electron chi connectivity index (χ2n) is 3.98. The predicted octanol–water partition coefficient (Wildman–Crippen LogP) is -4.36. The topological polar surface area (TPSA) is 80.7 Å². The maximum atomic E-state index is 11.3. The first-order valence-corrected chi connectivity index (χ1v) is 8.45. The molecule has 0 radical (unpaired) electrons. The zero-order chi connectivity index (χ0) is 13.1. The van der Waals surface area contributed by atoms with E-state index in [2.05, 4.69) is 0 Å². The van der Waals surface area contributed by atoms with Gasteiger partial charge in [0.2, 0.25) is 0 Å². The summed E-state index contributed by atoms with van der Waals surface area (Å²) < 4.78 is 30.6. The van der Waals surface area contributed by atoms with Gasteiger partial charge in [0.05, 0.1) is 0 Å². The van der Waals surface area contributed by atoms with Gasteiger partial charge in [0.15, 0.2) is 0 Å². The fourth-order valence-electron chi connectivity index (χ4n) is 1.33. The second-order valence-corrected chi connectivity index (χ2v) is 7.24. The van der Waals surface area contributed by atoms with Crippen LogP contribution in [-0.2, 0) is 15.0 Å². The predicted molar refractivity (Wildman–Crippen MR) is 61.8 cm³/mol. The van der Waals surface area contributed by atoms with E-state index in [4.69, 9.17) is 4.10 Å². The standard InChI is InChI=1S/C11H16AsNO4.Na/c1-13(2)11(14)8-5-9-3-6-10(7-4-9)12(15,16)17;/h3-4,6-7H,5,8H2,1-2H3,(H2,15,16,17);/q;+1/p-1. The van der Waals surface area contributed by atoms with Gasteiger partial charge in [0, 0.05) is 0 Å². The van der Waals surface area contributed by atoms with E-state index in [1.54, 1.807) is 26.2 Å². The molecule has 18 heavy (non-hydrogen) atoms. The van der Waals surface area contributed by atoms with Crippen LogP contribution in [0.2, 0.25) is 0 Å². The Labute approximate surface area is 131 Å². The summed E-state index contributed by atoms with van der Waals surface area (Å²) in [5.74, 6) is 0.0230. The van der Waals surface area contributed by atoms with Crippen molar-refractivity contribution < 1.29 is 46.3 Å². The number of aryl methyl sites for hydroxylation is 1. The van der Waals surface area contributed by atoms with Crippen LogP contribution >= 0.6 is 0 Å². The van der Waals surface area contributed by atoms with E-state index in [9.17, 15) is 12.6 Å². The molecule has 7 heteroatoms. The van der Waals surface area contributed by atoms with Crippen LogP contribution in [0.25, 0.3) is 0 Å². The summed E-state index contributed by atoms with van der Waals surface area (Å²) in [5.41, 5.74) is 0.868. The van der Waals surface area contributed by atoms with Crippen molar-refractivity contribution >= 4 is 24.4 Å². The van der Waals surface area contributed by atoms with Crippen molar-refractivity contribution in [1.82, 2.24) is 4.90 Å². The molecule has 0 bridgehead atoms. The molecule has 0 aliphatic rings. The molecule has 0 aliphatic carbocycles.